The van der Waals surface area contributed by atoms with Gasteiger partial charge < -0.3 is 0 Å². The van der Waals surface area contributed by atoms with Gasteiger partial charge in [0.15, 0.2) is 5.78 Å². The summed E-state index contributed by atoms with van der Waals surface area (Å²) in [6, 6.07) is 0. The molecule has 12 heavy (non-hydrogen) atoms. The summed E-state index contributed by atoms with van der Waals surface area (Å²) in [4.78, 5) is 21.9. The standard InChI is InChI=1S/C10H16O2/c1-7(8(2)11)6-10(4,5)9(3)12/h1,6H2,2-5H3. The third kappa shape index (κ3) is 2.99. The van der Waals surface area contributed by atoms with Crippen LogP contribution in [0.25, 0.3) is 0 Å². The number of allylic oxidation sites excluding steroid dienone is 1. The molecule has 0 aliphatic carbocycles. The van der Waals surface area contributed by atoms with Crippen molar-refractivity contribution in [2.75, 3.05) is 0 Å². The Hall–Kier alpha value is -0.920. The maximum Gasteiger partial charge on any atom is 0.155 e. The molecule has 68 valence electrons. The molecule has 0 fully saturated rings. The number of hydrogen-bond donors (Lipinski definition) is 0. The Morgan fingerprint density at radius 3 is 1.92 bits per heavy atom. The van der Waals surface area contributed by atoms with E-state index in [4.69, 9.17) is 0 Å². The van der Waals surface area contributed by atoms with Crippen molar-refractivity contribution in [2.45, 2.75) is 34.1 Å². The average molecular weight is 168 g/mol. The minimum atomic E-state index is -0.456. The number of hydrogen-bond acceptors (Lipinski definition) is 2. The number of carbonyl (C=O) groups excluding carboxylic acids is 2. The molecule has 0 bridgehead atoms. The monoisotopic (exact) mass is 168 g/mol. The van der Waals surface area contributed by atoms with Gasteiger partial charge in [-0.1, -0.05) is 20.4 Å². The predicted octanol–water partition coefficient (Wildman–Crippen LogP) is 2.14. The van der Waals surface area contributed by atoms with Crippen molar-refractivity contribution in [2.24, 2.45) is 5.41 Å². The van der Waals surface area contributed by atoms with Crippen LogP contribution in [-0.2, 0) is 9.59 Å². The van der Waals surface area contributed by atoms with E-state index in [1.807, 2.05) is 13.8 Å². The highest BCUT2D eigenvalue weighted by atomic mass is 16.1. The van der Waals surface area contributed by atoms with Gasteiger partial charge in [-0.3, -0.25) is 9.59 Å². The van der Waals surface area contributed by atoms with Crippen LogP contribution in [-0.4, -0.2) is 11.6 Å². The molecule has 0 heterocycles. The lowest BCUT2D eigenvalue weighted by molar-refractivity contribution is -0.124. The highest BCUT2D eigenvalue weighted by Crippen LogP contribution is 2.25. The fraction of sp³-hybridized carbons (Fsp3) is 0.600. The number of ketones is 2. The van der Waals surface area contributed by atoms with Crippen molar-refractivity contribution in [1.29, 1.82) is 0 Å². The van der Waals surface area contributed by atoms with Gasteiger partial charge in [0.1, 0.15) is 5.78 Å². The first-order chi connectivity index (χ1) is 5.27. The predicted molar refractivity (Wildman–Crippen MR) is 48.9 cm³/mol. The topological polar surface area (TPSA) is 34.1 Å². The molecule has 0 spiro atoms. The summed E-state index contributed by atoms with van der Waals surface area (Å²) in [7, 11) is 0. The van der Waals surface area contributed by atoms with E-state index in [0.29, 0.717) is 12.0 Å². The normalized spacial score (nSPS) is 11.0. The fourth-order valence-corrected chi connectivity index (χ4v) is 0.782. The van der Waals surface area contributed by atoms with Gasteiger partial charge in [-0.25, -0.2) is 0 Å². The van der Waals surface area contributed by atoms with Crippen LogP contribution in [0.2, 0.25) is 0 Å². The van der Waals surface area contributed by atoms with E-state index in [1.54, 1.807) is 0 Å². The lowest BCUT2D eigenvalue weighted by Crippen LogP contribution is -2.23. The number of carbonyl (C=O) groups is 2. The second-order valence-corrected chi connectivity index (χ2v) is 3.78. The van der Waals surface area contributed by atoms with Crippen LogP contribution in [0, 0.1) is 5.41 Å². The summed E-state index contributed by atoms with van der Waals surface area (Å²) in [6.07, 6.45) is 0.456. The van der Waals surface area contributed by atoms with E-state index in [0.717, 1.165) is 0 Å². The van der Waals surface area contributed by atoms with Crippen LogP contribution in [0.15, 0.2) is 12.2 Å². The highest BCUT2D eigenvalue weighted by molar-refractivity contribution is 5.94. The largest absolute Gasteiger partial charge is 0.299 e. The smallest absolute Gasteiger partial charge is 0.155 e. The van der Waals surface area contributed by atoms with E-state index >= 15 is 0 Å². The van der Waals surface area contributed by atoms with Crippen molar-refractivity contribution >= 4 is 11.6 Å². The van der Waals surface area contributed by atoms with E-state index in [1.165, 1.54) is 13.8 Å². The Morgan fingerprint density at radius 2 is 1.67 bits per heavy atom. The van der Waals surface area contributed by atoms with Crippen LogP contribution < -0.4 is 0 Å². The van der Waals surface area contributed by atoms with Crippen LogP contribution >= 0.6 is 0 Å². The molecule has 0 saturated carbocycles. The minimum Gasteiger partial charge on any atom is -0.299 e. The summed E-state index contributed by atoms with van der Waals surface area (Å²) < 4.78 is 0. The zero-order valence-corrected chi connectivity index (χ0v) is 8.23. The maximum atomic E-state index is 11.1. The molecule has 0 N–H and O–H groups in total. The summed E-state index contributed by atoms with van der Waals surface area (Å²) in [5.41, 5.74) is 0.0677. The van der Waals surface area contributed by atoms with Crippen molar-refractivity contribution in [3.8, 4) is 0 Å². The number of rotatable bonds is 4. The first-order valence-corrected chi connectivity index (χ1v) is 3.97. The van der Waals surface area contributed by atoms with Crippen molar-refractivity contribution < 1.29 is 9.59 Å². The summed E-state index contributed by atoms with van der Waals surface area (Å²) in [5, 5.41) is 0. The Balaban J connectivity index is 4.35. The second kappa shape index (κ2) is 3.65. The molecule has 0 aromatic rings. The first-order valence-electron chi connectivity index (χ1n) is 3.97. The van der Waals surface area contributed by atoms with Crippen molar-refractivity contribution in [3.05, 3.63) is 12.2 Å². The van der Waals surface area contributed by atoms with E-state index in [9.17, 15) is 9.59 Å². The molecule has 0 atom stereocenters. The van der Waals surface area contributed by atoms with E-state index < -0.39 is 5.41 Å². The second-order valence-electron chi connectivity index (χ2n) is 3.78. The molecule has 0 amide bonds. The number of Topliss-reactive ketones (excluding diaryl/α,β-unsaturated/α-hetero) is 2. The highest BCUT2D eigenvalue weighted by Gasteiger charge is 2.25. The summed E-state index contributed by atoms with van der Waals surface area (Å²) in [6.45, 7) is 10.3. The lowest BCUT2D eigenvalue weighted by Gasteiger charge is -2.20. The van der Waals surface area contributed by atoms with Crippen LogP contribution in [0.5, 0.6) is 0 Å². The Bertz CT molecular complexity index is 224. The molecule has 0 aromatic carbocycles. The van der Waals surface area contributed by atoms with Gasteiger partial charge in [0.25, 0.3) is 0 Å². The van der Waals surface area contributed by atoms with Gasteiger partial charge >= 0.3 is 0 Å². The minimum absolute atomic E-state index is 0.0377. The quantitative estimate of drug-likeness (QED) is 0.603. The molecule has 0 radical (unpaired) electrons. The van der Waals surface area contributed by atoms with Crippen LogP contribution in [0.1, 0.15) is 34.1 Å². The van der Waals surface area contributed by atoms with Gasteiger partial charge in [0, 0.05) is 5.41 Å². The molecule has 0 saturated heterocycles. The first kappa shape index (κ1) is 11.1. The van der Waals surface area contributed by atoms with Gasteiger partial charge in [0.2, 0.25) is 0 Å². The molecule has 0 unspecified atom stereocenters. The third-order valence-corrected chi connectivity index (χ3v) is 2.11. The Labute approximate surface area is 73.7 Å². The van der Waals surface area contributed by atoms with Gasteiger partial charge in [0.05, 0.1) is 0 Å². The molecule has 0 aliphatic rings. The van der Waals surface area contributed by atoms with E-state index in [2.05, 4.69) is 6.58 Å². The molecule has 0 aromatic heterocycles. The summed E-state index contributed by atoms with van der Waals surface area (Å²) in [5.74, 6) is 0.0502. The zero-order valence-electron chi connectivity index (χ0n) is 8.23. The summed E-state index contributed by atoms with van der Waals surface area (Å²) >= 11 is 0. The molecular weight excluding hydrogens is 152 g/mol. The van der Waals surface area contributed by atoms with Crippen LogP contribution in [0.4, 0.5) is 0 Å². The Kier molecular flexibility index (Phi) is 3.37. The van der Waals surface area contributed by atoms with Crippen molar-refractivity contribution in [3.63, 3.8) is 0 Å². The lowest BCUT2D eigenvalue weighted by atomic mass is 9.82. The molecule has 0 aliphatic heterocycles. The average Bonchev–Trinajstić information content (AvgIpc) is 1.85. The molecular formula is C10H16O2. The molecule has 2 heteroatoms. The SMILES string of the molecule is C=C(CC(C)(C)C(C)=O)C(C)=O. The van der Waals surface area contributed by atoms with E-state index in [-0.39, 0.29) is 11.6 Å². The van der Waals surface area contributed by atoms with Crippen LogP contribution in [0.3, 0.4) is 0 Å². The van der Waals surface area contributed by atoms with Crippen molar-refractivity contribution in [1.82, 2.24) is 0 Å². The zero-order chi connectivity index (χ0) is 9.94. The fourth-order valence-electron chi connectivity index (χ4n) is 0.782. The molecule has 0 rings (SSSR count). The van der Waals surface area contributed by atoms with Gasteiger partial charge in [-0.15, -0.1) is 0 Å². The van der Waals surface area contributed by atoms with Gasteiger partial charge in [-0.2, -0.15) is 0 Å². The van der Waals surface area contributed by atoms with Gasteiger partial charge in [-0.05, 0) is 25.8 Å². The Morgan fingerprint density at radius 1 is 1.25 bits per heavy atom. The molecule has 2 nitrogen and oxygen atoms in total. The maximum absolute atomic E-state index is 11.1. The third-order valence-electron chi connectivity index (χ3n) is 2.11.